The molecule has 0 fully saturated rings. The fraction of sp³-hybridized carbons (Fsp3) is 0.947. The molecule has 94 heavy (non-hydrogen) atoms. The number of ether oxygens (including phenoxy) is 4. The number of hydrogen-bond acceptors (Lipinski definition) is 15. The highest BCUT2D eigenvalue weighted by Gasteiger charge is 2.30. The van der Waals surface area contributed by atoms with Gasteiger partial charge in [-0.3, -0.25) is 37.3 Å². The Kier molecular flexibility index (Phi) is 63.1. The van der Waals surface area contributed by atoms with Gasteiger partial charge in [-0.2, -0.15) is 0 Å². The van der Waals surface area contributed by atoms with E-state index >= 15 is 0 Å². The van der Waals surface area contributed by atoms with Crippen molar-refractivity contribution in [2.24, 2.45) is 23.7 Å². The van der Waals surface area contributed by atoms with Crippen LogP contribution < -0.4 is 0 Å². The van der Waals surface area contributed by atoms with Gasteiger partial charge in [0.05, 0.1) is 26.4 Å². The number of hydrogen-bond donors (Lipinski definition) is 3. The maximum atomic E-state index is 13.1. The lowest BCUT2D eigenvalue weighted by Gasteiger charge is -2.21. The lowest BCUT2D eigenvalue weighted by Crippen LogP contribution is -2.30. The molecule has 19 heteroatoms. The molecule has 0 aliphatic rings. The van der Waals surface area contributed by atoms with Crippen molar-refractivity contribution < 1.29 is 80.2 Å². The van der Waals surface area contributed by atoms with Gasteiger partial charge >= 0.3 is 39.5 Å². The van der Waals surface area contributed by atoms with Gasteiger partial charge in [-0.25, -0.2) is 9.13 Å². The zero-order valence-electron chi connectivity index (χ0n) is 61.6. The molecule has 0 saturated heterocycles. The van der Waals surface area contributed by atoms with E-state index in [4.69, 9.17) is 37.0 Å². The van der Waals surface area contributed by atoms with E-state index in [9.17, 15) is 43.2 Å². The third-order valence-corrected chi connectivity index (χ3v) is 19.9. The summed E-state index contributed by atoms with van der Waals surface area (Å²) in [5, 5.41) is 10.6. The van der Waals surface area contributed by atoms with Crippen LogP contribution in [-0.2, 0) is 65.4 Å². The van der Waals surface area contributed by atoms with E-state index in [2.05, 4.69) is 55.4 Å². The zero-order chi connectivity index (χ0) is 69.6. The maximum Gasteiger partial charge on any atom is 0.472 e. The molecule has 0 aromatic carbocycles. The molecule has 558 valence electrons. The average Bonchev–Trinajstić information content (AvgIpc) is 1.54. The first-order valence-electron chi connectivity index (χ1n) is 38.8. The molecule has 0 bridgehead atoms. The second-order valence-electron chi connectivity index (χ2n) is 28.5. The molecule has 7 atom stereocenters. The van der Waals surface area contributed by atoms with Crippen molar-refractivity contribution in [2.75, 3.05) is 39.6 Å². The molecule has 0 saturated carbocycles. The Morgan fingerprint density at radius 1 is 0.298 bits per heavy atom. The monoisotopic (exact) mass is 1380 g/mol. The highest BCUT2D eigenvalue weighted by atomic mass is 31.2. The zero-order valence-corrected chi connectivity index (χ0v) is 63.4. The minimum absolute atomic E-state index is 0.104. The Hall–Kier alpha value is -1.94. The molecule has 17 nitrogen and oxygen atoms in total. The number of rotatable bonds is 72. The molecular weight excluding hydrogens is 1230 g/mol. The molecule has 0 rings (SSSR count). The van der Waals surface area contributed by atoms with Crippen molar-refractivity contribution in [3.05, 3.63) is 0 Å². The number of aliphatic hydroxyl groups excluding tert-OH is 1. The van der Waals surface area contributed by atoms with Gasteiger partial charge in [0, 0.05) is 25.7 Å². The van der Waals surface area contributed by atoms with Gasteiger partial charge in [0.25, 0.3) is 0 Å². The van der Waals surface area contributed by atoms with Gasteiger partial charge in [0.15, 0.2) is 12.2 Å². The van der Waals surface area contributed by atoms with Crippen LogP contribution in [-0.4, -0.2) is 96.7 Å². The van der Waals surface area contributed by atoms with E-state index < -0.39 is 97.5 Å². The summed E-state index contributed by atoms with van der Waals surface area (Å²) >= 11 is 0. The Bertz CT molecular complexity index is 1850. The summed E-state index contributed by atoms with van der Waals surface area (Å²) in [4.78, 5) is 72.8. The Morgan fingerprint density at radius 2 is 0.511 bits per heavy atom. The minimum Gasteiger partial charge on any atom is -0.462 e. The summed E-state index contributed by atoms with van der Waals surface area (Å²) in [6, 6.07) is 0. The molecule has 0 amide bonds. The molecule has 0 aliphatic heterocycles. The van der Waals surface area contributed by atoms with Gasteiger partial charge in [-0.15, -0.1) is 0 Å². The summed E-state index contributed by atoms with van der Waals surface area (Å²) in [7, 11) is -9.91. The number of carbonyl (C=O) groups is 4. The van der Waals surface area contributed by atoms with E-state index in [0.29, 0.717) is 25.7 Å². The van der Waals surface area contributed by atoms with Gasteiger partial charge in [0.1, 0.15) is 19.3 Å². The number of unbranched alkanes of at least 4 members (excludes halogenated alkanes) is 36. The average molecular weight is 1380 g/mol. The van der Waals surface area contributed by atoms with Gasteiger partial charge < -0.3 is 33.8 Å². The third kappa shape index (κ3) is 66.0. The Morgan fingerprint density at radius 3 is 0.755 bits per heavy atom. The van der Waals surface area contributed by atoms with Gasteiger partial charge in [-0.05, 0) is 49.4 Å². The molecule has 0 aliphatic carbocycles. The fourth-order valence-electron chi connectivity index (χ4n) is 11.3. The van der Waals surface area contributed by atoms with E-state index in [0.717, 1.165) is 114 Å². The predicted octanol–water partition coefficient (Wildman–Crippen LogP) is 21.7. The van der Waals surface area contributed by atoms with E-state index in [-0.39, 0.29) is 25.7 Å². The molecule has 0 radical (unpaired) electrons. The van der Waals surface area contributed by atoms with Crippen molar-refractivity contribution in [1.82, 2.24) is 0 Å². The number of aliphatic hydroxyl groups is 1. The standard InChI is InChI=1S/C75H146O17P2/c1-9-67(7)53-45-37-29-20-15-13-11-12-14-16-21-31-39-47-55-72(77)85-61-70(91-74(79)57-49-41-33-22-18-17-19-27-35-43-51-65(3)4)63-89-93(81,82)87-59-69(76)60-88-94(83,84)90-64-71(62-86-73(78)56-48-40-32-25-23-28-36-44-52-66(5)6)92-75(80)58-50-42-34-26-24-30-38-46-54-68(8)10-2/h65-71,76H,9-64H2,1-8H3,(H,81,82)(H,83,84)/t67?,68?,69?,70-,71-/m1/s1. The highest BCUT2D eigenvalue weighted by molar-refractivity contribution is 7.47. The van der Waals surface area contributed by atoms with Crippen LogP contribution in [0.1, 0.15) is 376 Å². The van der Waals surface area contributed by atoms with Gasteiger partial charge in [0.2, 0.25) is 0 Å². The molecule has 0 aromatic heterocycles. The number of esters is 4. The number of phosphoric acid groups is 2. The summed E-state index contributed by atoms with van der Waals surface area (Å²) in [5.74, 6) is 0.974. The Balaban J connectivity index is 5.24. The molecule has 0 aromatic rings. The molecule has 3 N–H and O–H groups in total. The molecule has 0 spiro atoms. The van der Waals surface area contributed by atoms with Crippen LogP contribution in [0.2, 0.25) is 0 Å². The van der Waals surface area contributed by atoms with Crippen molar-refractivity contribution in [2.45, 2.75) is 395 Å². The van der Waals surface area contributed by atoms with Crippen LogP contribution in [0.5, 0.6) is 0 Å². The van der Waals surface area contributed by atoms with E-state index in [1.807, 2.05) is 0 Å². The first-order valence-corrected chi connectivity index (χ1v) is 41.8. The molecular formula is C75H146O17P2. The van der Waals surface area contributed by atoms with E-state index in [1.54, 1.807) is 0 Å². The number of phosphoric ester groups is 2. The Labute approximate surface area is 575 Å². The molecule has 0 heterocycles. The van der Waals surface area contributed by atoms with Crippen LogP contribution >= 0.6 is 15.6 Å². The van der Waals surface area contributed by atoms with Crippen LogP contribution in [0.3, 0.4) is 0 Å². The number of carbonyl (C=O) groups excluding carboxylic acids is 4. The molecule has 5 unspecified atom stereocenters. The fourth-order valence-corrected chi connectivity index (χ4v) is 12.9. The smallest absolute Gasteiger partial charge is 0.462 e. The second kappa shape index (κ2) is 64.4. The highest BCUT2D eigenvalue weighted by Crippen LogP contribution is 2.45. The third-order valence-electron chi connectivity index (χ3n) is 18.0. The summed E-state index contributed by atoms with van der Waals surface area (Å²) in [6.07, 6.45) is 48.5. The first kappa shape index (κ1) is 92.1. The summed E-state index contributed by atoms with van der Waals surface area (Å²) in [6.45, 7) is 14.2. The largest absolute Gasteiger partial charge is 0.472 e. The topological polar surface area (TPSA) is 237 Å². The van der Waals surface area contributed by atoms with Crippen molar-refractivity contribution >= 4 is 39.5 Å². The van der Waals surface area contributed by atoms with Crippen LogP contribution in [0, 0.1) is 23.7 Å². The predicted molar refractivity (Wildman–Crippen MR) is 381 cm³/mol. The van der Waals surface area contributed by atoms with Crippen LogP contribution in [0.4, 0.5) is 0 Å². The lowest BCUT2D eigenvalue weighted by atomic mass is 9.99. The quantitative estimate of drug-likeness (QED) is 0.0222. The summed E-state index contributed by atoms with van der Waals surface area (Å²) in [5.41, 5.74) is 0. The van der Waals surface area contributed by atoms with Gasteiger partial charge in [-0.1, -0.05) is 325 Å². The van der Waals surface area contributed by atoms with Crippen molar-refractivity contribution in [3.8, 4) is 0 Å². The summed E-state index contributed by atoms with van der Waals surface area (Å²) < 4.78 is 68.5. The van der Waals surface area contributed by atoms with Crippen molar-refractivity contribution in [3.63, 3.8) is 0 Å². The lowest BCUT2D eigenvalue weighted by molar-refractivity contribution is -0.161. The maximum absolute atomic E-state index is 13.1. The normalized spacial score (nSPS) is 14.7. The van der Waals surface area contributed by atoms with Crippen LogP contribution in [0.25, 0.3) is 0 Å². The van der Waals surface area contributed by atoms with Crippen molar-refractivity contribution in [1.29, 1.82) is 0 Å². The van der Waals surface area contributed by atoms with E-state index in [1.165, 1.54) is 180 Å². The van der Waals surface area contributed by atoms with Crippen LogP contribution in [0.15, 0.2) is 0 Å². The first-order chi connectivity index (χ1) is 45.2. The second-order valence-corrected chi connectivity index (χ2v) is 31.4. The SMILES string of the molecule is CCC(C)CCCCCCCCCCCCCCCCC(=O)OC[C@H](COP(=O)(O)OCC(O)COP(=O)(O)OC[C@@H](COC(=O)CCCCCCCCCCC(C)C)OC(=O)CCCCCCCCCCC(C)CC)OC(=O)CCCCCCCCCCCCC(C)C. The minimum atomic E-state index is -4.96.